The average Bonchev–Trinajstić information content (AvgIpc) is 3.41. The lowest BCUT2D eigenvalue weighted by Gasteiger charge is -2.50. The Labute approximate surface area is 243 Å². The molecule has 1 aromatic carbocycles. The molecular formula is C31H37N3O8. The summed E-state index contributed by atoms with van der Waals surface area (Å²) in [5, 5.41) is 49.1. The fourth-order valence-electron chi connectivity index (χ4n) is 6.76. The van der Waals surface area contributed by atoms with Crippen LogP contribution in [-0.2, 0) is 22.6 Å². The molecule has 2 aromatic rings. The molecular weight excluding hydrogens is 542 g/mol. The summed E-state index contributed by atoms with van der Waals surface area (Å²) in [6.45, 7) is 7.09. The van der Waals surface area contributed by atoms with Crippen molar-refractivity contribution in [3.8, 4) is 16.9 Å². The molecule has 11 heteroatoms. The highest BCUT2D eigenvalue weighted by molar-refractivity contribution is 6.25. The molecule has 0 aliphatic heterocycles. The Morgan fingerprint density at radius 3 is 2.48 bits per heavy atom. The van der Waals surface area contributed by atoms with Crippen molar-refractivity contribution < 1.29 is 39.2 Å². The molecule has 1 amide bonds. The average molecular weight is 580 g/mol. The highest BCUT2D eigenvalue weighted by Crippen LogP contribution is 2.53. The Kier molecular flexibility index (Phi) is 7.11. The predicted octanol–water partition coefficient (Wildman–Crippen LogP) is 2.52. The standard InChI is InChI=1S/C31H37N3O8/c1-30(2,3)13-33-11-16-9-17(14-6-7-42-12-14)18-8-15-10-19-23(34(4)5)26(37)22(29(32)40)28(39)31(19,41)27(38)20(15)25(36)21(18)24(16)35/h6-7,9,12,15,19,23,33,35,37-38,41H,8,10-11,13H2,1-5H3,(H2,32,40)/t15-,19-,23-,31-/m0/s1. The number of aromatic hydroxyl groups is 1. The topological polar surface area (TPSA) is 187 Å². The Hall–Kier alpha value is -3.93. The molecule has 7 N–H and O–H groups in total. The van der Waals surface area contributed by atoms with Gasteiger partial charge in [-0.25, -0.2) is 0 Å². The van der Waals surface area contributed by atoms with E-state index in [1.54, 1.807) is 26.4 Å². The number of fused-ring (bicyclic) bond motifs is 3. The molecule has 0 saturated carbocycles. The first-order valence-corrected chi connectivity index (χ1v) is 13.8. The normalized spacial score (nSPS) is 25.9. The summed E-state index contributed by atoms with van der Waals surface area (Å²) < 4.78 is 5.32. The molecule has 224 valence electrons. The van der Waals surface area contributed by atoms with E-state index in [1.165, 1.54) is 11.2 Å². The van der Waals surface area contributed by atoms with Crippen molar-refractivity contribution in [2.24, 2.45) is 23.0 Å². The van der Waals surface area contributed by atoms with Crippen molar-refractivity contribution in [3.05, 3.63) is 64.0 Å². The molecule has 0 unspecified atom stereocenters. The molecule has 5 rings (SSSR count). The predicted molar refractivity (Wildman–Crippen MR) is 153 cm³/mol. The number of phenols is 1. The van der Waals surface area contributed by atoms with Crippen molar-refractivity contribution in [1.29, 1.82) is 0 Å². The number of amides is 1. The van der Waals surface area contributed by atoms with Gasteiger partial charge in [-0.15, -0.1) is 0 Å². The van der Waals surface area contributed by atoms with Crippen molar-refractivity contribution in [2.45, 2.75) is 51.8 Å². The highest BCUT2D eigenvalue weighted by atomic mass is 16.3. The minimum absolute atomic E-state index is 0.0201. The number of hydrogen-bond donors (Lipinski definition) is 6. The number of Topliss-reactive ketones (excluding diaryl/α,β-unsaturated/α-hetero) is 2. The number of primary amides is 1. The van der Waals surface area contributed by atoms with Crippen LogP contribution < -0.4 is 11.1 Å². The van der Waals surface area contributed by atoms with Gasteiger partial charge >= 0.3 is 0 Å². The molecule has 0 spiro atoms. The number of nitrogens with zero attached hydrogens (tertiary/aromatic N) is 1. The zero-order valence-electron chi connectivity index (χ0n) is 24.3. The van der Waals surface area contributed by atoms with Gasteiger partial charge in [-0.05, 0) is 61.5 Å². The largest absolute Gasteiger partial charge is 0.510 e. The summed E-state index contributed by atoms with van der Waals surface area (Å²) in [5.74, 6) is -6.74. The lowest BCUT2D eigenvalue weighted by Crippen LogP contribution is -2.63. The van der Waals surface area contributed by atoms with Gasteiger partial charge in [0, 0.05) is 35.7 Å². The SMILES string of the molecule is CN(C)[C@@H]1C(O)=C(C(N)=O)C(=O)[C@@]2(O)C(O)=C3C(=O)c4c(O)c(CNCC(C)(C)C)cc(-c5ccoc5)c4C[C@H]3C[C@@H]12. The minimum Gasteiger partial charge on any atom is -0.510 e. The fraction of sp³-hybridized carbons (Fsp3) is 0.452. The van der Waals surface area contributed by atoms with E-state index in [2.05, 4.69) is 26.1 Å². The number of carbonyl (C=O) groups excluding carboxylic acids is 3. The van der Waals surface area contributed by atoms with Crippen LogP contribution >= 0.6 is 0 Å². The third-order valence-electron chi connectivity index (χ3n) is 8.60. The Morgan fingerprint density at radius 2 is 1.90 bits per heavy atom. The summed E-state index contributed by atoms with van der Waals surface area (Å²) in [6, 6.07) is 2.52. The van der Waals surface area contributed by atoms with Crippen molar-refractivity contribution in [3.63, 3.8) is 0 Å². The number of nitrogens with one attached hydrogen (secondary N) is 1. The molecule has 0 saturated heterocycles. The third-order valence-corrected chi connectivity index (χ3v) is 8.60. The van der Waals surface area contributed by atoms with Gasteiger partial charge in [0.05, 0.1) is 24.1 Å². The number of carbonyl (C=O) groups is 3. The first-order chi connectivity index (χ1) is 19.6. The van der Waals surface area contributed by atoms with Gasteiger partial charge in [0.2, 0.25) is 5.78 Å². The number of rotatable bonds is 6. The van der Waals surface area contributed by atoms with Crippen LogP contribution in [0.5, 0.6) is 5.75 Å². The van der Waals surface area contributed by atoms with Crippen LogP contribution in [-0.4, -0.2) is 75.1 Å². The van der Waals surface area contributed by atoms with E-state index in [-0.39, 0.29) is 41.7 Å². The zero-order valence-corrected chi connectivity index (χ0v) is 24.3. The van der Waals surface area contributed by atoms with Gasteiger partial charge in [0.15, 0.2) is 11.4 Å². The smallest absolute Gasteiger partial charge is 0.255 e. The van der Waals surface area contributed by atoms with Crippen LogP contribution in [0.25, 0.3) is 11.1 Å². The van der Waals surface area contributed by atoms with E-state index in [0.717, 1.165) is 0 Å². The Balaban J connectivity index is 1.69. The first-order valence-electron chi connectivity index (χ1n) is 13.8. The number of nitrogens with two attached hydrogens (primary N) is 1. The molecule has 0 bridgehead atoms. The zero-order chi connectivity index (χ0) is 30.9. The van der Waals surface area contributed by atoms with Crippen LogP contribution in [0.4, 0.5) is 0 Å². The maximum atomic E-state index is 14.2. The number of ketones is 2. The maximum absolute atomic E-state index is 14.2. The van der Waals surface area contributed by atoms with Crippen LogP contribution in [0.15, 0.2) is 51.7 Å². The molecule has 42 heavy (non-hydrogen) atoms. The molecule has 4 atom stereocenters. The van der Waals surface area contributed by atoms with E-state index < -0.39 is 58.0 Å². The molecule has 11 nitrogen and oxygen atoms in total. The summed E-state index contributed by atoms with van der Waals surface area (Å²) in [4.78, 5) is 41.4. The van der Waals surface area contributed by atoms with Gasteiger partial charge in [0.1, 0.15) is 22.8 Å². The van der Waals surface area contributed by atoms with Gasteiger partial charge < -0.3 is 35.9 Å². The van der Waals surface area contributed by atoms with E-state index in [0.29, 0.717) is 28.8 Å². The van der Waals surface area contributed by atoms with Gasteiger partial charge in [0.25, 0.3) is 5.91 Å². The second-order valence-corrected chi connectivity index (χ2v) is 12.9. The second-order valence-electron chi connectivity index (χ2n) is 12.9. The molecule has 0 fully saturated rings. The Morgan fingerprint density at radius 1 is 1.21 bits per heavy atom. The van der Waals surface area contributed by atoms with Crippen molar-refractivity contribution in [2.75, 3.05) is 20.6 Å². The molecule has 3 aliphatic carbocycles. The molecule has 0 radical (unpaired) electrons. The van der Waals surface area contributed by atoms with Gasteiger partial charge in [-0.2, -0.15) is 0 Å². The van der Waals surface area contributed by atoms with E-state index in [1.807, 2.05) is 6.07 Å². The number of allylic oxidation sites excluding steroid dienone is 1. The number of aliphatic hydroxyl groups is 3. The van der Waals surface area contributed by atoms with Crippen LogP contribution in [0.1, 0.15) is 48.7 Å². The molecule has 1 aromatic heterocycles. The van der Waals surface area contributed by atoms with Gasteiger partial charge in [-0.3, -0.25) is 19.3 Å². The lowest BCUT2D eigenvalue weighted by molar-refractivity contribution is -0.148. The minimum atomic E-state index is -2.68. The lowest BCUT2D eigenvalue weighted by atomic mass is 9.58. The first kappa shape index (κ1) is 29.6. The number of aliphatic hydroxyl groups excluding tert-OH is 2. The van der Waals surface area contributed by atoms with Gasteiger partial charge in [-0.1, -0.05) is 20.8 Å². The summed E-state index contributed by atoms with van der Waals surface area (Å²) >= 11 is 0. The Bertz CT molecular complexity index is 1550. The third kappa shape index (κ3) is 4.43. The number of likely N-dealkylation sites (N-methyl/N-ethyl adjacent to an activating group) is 1. The maximum Gasteiger partial charge on any atom is 0.255 e. The van der Waals surface area contributed by atoms with E-state index in [4.69, 9.17) is 10.2 Å². The number of hydrogen-bond acceptors (Lipinski definition) is 10. The highest BCUT2D eigenvalue weighted by Gasteiger charge is 2.63. The number of phenolic OH excluding ortho intramolecular Hbond substituents is 1. The number of furan rings is 1. The number of benzene rings is 1. The quantitative estimate of drug-likeness (QED) is 0.278. The molecule has 1 heterocycles. The summed E-state index contributed by atoms with van der Waals surface area (Å²) in [7, 11) is 3.19. The van der Waals surface area contributed by atoms with E-state index in [9.17, 15) is 34.8 Å². The van der Waals surface area contributed by atoms with Crippen molar-refractivity contribution in [1.82, 2.24) is 10.2 Å². The summed E-state index contributed by atoms with van der Waals surface area (Å²) in [5.41, 5.74) is 4.03. The monoisotopic (exact) mass is 579 g/mol. The molecule has 3 aliphatic rings. The van der Waals surface area contributed by atoms with Crippen molar-refractivity contribution >= 4 is 17.5 Å². The van der Waals surface area contributed by atoms with Crippen LogP contribution in [0, 0.1) is 17.3 Å². The fourth-order valence-corrected chi connectivity index (χ4v) is 6.76. The summed E-state index contributed by atoms with van der Waals surface area (Å²) in [6.07, 6.45) is 3.27. The second kappa shape index (κ2) is 10.1. The van der Waals surface area contributed by atoms with Crippen LogP contribution in [0.3, 0.4) is 0 Å². The van der Waals surface area contributed by atoms with E-state index >= 15 is 0 Å². The van der Waals surface area contributed by atoms with Crippen LogP contribution in [0.2, 0.25) is 0 Å².